The van der Waals surface area contributed by atoms with Crippen LogP contribution in [0.2, 0.25) is 5.15 Å². The Labute approximate surface area is 122 Å². The fourth-order valence-corrected chi connectivity index (χ4v) is 3.59. The maximum Gasteiger partial charge on any atom is 0.137 e. The molecular formula is C14H16ClN3S. The summed E-state index contributed by atoms with van der Waals surface area (Å²) in [6.45, 7) is 2.00. The molecule has 19 heavy (non-hydrogen) atoms. The highest BCUT2D eigenvalue weighted by molar-refractivity contribution is 7.09. The fraction of sp³-hybridized carbons (Fsp3) is 0.500. The van der Waals surface area contributed by atoms with Crippen LogP contribution in [-0.2, 0) is 6.42 Å². The lowest BCUT2D eigenvalue weighted by Crippen LogP contribution is -2.04. The number of aromatic nitrogens is 3. The van der Waals surface area contributed by atoms with E-state index in [9.17, 15) is 0 Å². The molecule has 1 aliphatic carbocycles. The highest BCUT2D eigenvalue weighted by Gasteiger charge is 2.20. The molecule has 2 aromatic rings. The first-order chi connectivity index (χ1) is 9.20. The van der Waals surface area contributed by atoms with Crippen LogP contribution in [0.15, 0.2) is 11.4 Å². The minimum atomic E-state index is 0.556. The van der Waals surface area contributed by atoms with E-state index in [1.165, 1.54) is 25.7 Å². The largest absolute Gasteiger partial charge is 0.246 e. The van der Waals surface area contributed by atoms with Gasteiger partial charge in [-0.15, -0.1) is 11.3 Å². The van der Waals surface area contributed by atoms with Crippen molar-refractivity contribution in [3.8, 4) is 0 Å². The Kier molecular flexibility index (Phi) is 3.80. The third kappa shape index (κ3) is 3.12. The molecule has 3 nitrogen and oxygen atoms in total. The third-order valence-corrected chi connectivity index (χ3v) is 4.67. The van der Waals surface area contributed by atoms with Crippen LogP contribution < -0.4 is 0 Å². The molecule has 1 aliphatic rings. The molecule has 0 unspecified atom stereocenters. The summed E-state index contributed by atoms with van der Waals surface area (Å²) in [4.78, 5) is 13.5. The van der Waals surface area contributed by atoms with Crippen molar-refractivity contribution >= 4 is 22.9 Å². The van der Waals surface area contributed by atoms with Crippen LogP contribution in [0.5, 0.6) is 0 Å². The van der Waals surface area contributed by atoms with Crippen molar-refractivity contribution in [2.24, 2.45) is 0 Å². The van der Waals surface area contributed by atoms with Gasteiger partial charge in [-0.2, -0.15) is 0 Å². The van der Waals surface area contributed by atoms with Crippen molar-refractivity contribution < 1.29 is 0 Å². The predicted molar refractivity (Wildman–Crippen MR) is 77.9 cm³/mol. The van der Waals surface area contributed by atoms with Crippen molar-refractivity contribution in [3.05, 3.63) is 38.8 Å². The van der Waals surface area contributed by atoms with Crippen LogP contribution in [0, 0.1) is 6.92 Å². The van der Waals surface area contributed by atoms with E-state index in [-0.39, 0.29) is 0 Å². The van der Waals surface area contributed by atoms with Crippen LogP contribution in [0.3, 0.4) is 0 Å². The lowest BCUT2D eigenvalue weighted by Gasteiger charge is -2.10. The molecule has 0 saturated heterocycles. The Morgan fingerprint density at radius 2 is 2.05 bits per heavy atom. The van der Waals surface area contributed by atoms with E-state index in [1.807, 2.05) is 13.0 Å². The van der Waals surface area contributed by atoms with E-state index in [1.54, 1.807) is 11.3 Å². The van der Waals surface area contributed by atoms with Crippen LogP contribution in [0.1, 0.15) is 53.8 Å². The zero-order valence-corrected chi connectivity index (χ0v) is 12.5. The lowest BCUT2D eigenvalue weighted by molar-refractivity contribution is 0.686. The standard InChI is InChI=1S/C14H16ClN3S/c1-9-8-19-14(16-9)7-13-17-11(6-12(15)18-13)10-4-2-3-5-10/h6,8,10H,2-5,7H2,1H3. The second kappa shape index (κ2) is 5.55. The van der Waals surface area contributed by atoms with E-state index in [0.29, 0.717) is 17.5 Å². The third-order valence-electron chi connectivity index (χ3n) is 3.51. The molecule has 100 valence electrons. The van der Waals surface area contributed by atoms with Crippen LogP contribution >= 0.6 is 22.9 Å². The van der Waals surface area contributed by atoms with Gasteiger partial charge in [-0.25, -0.2) is 15.0 Å². The van der Waals surface area contributed by atoms with Gasteiger partial charge in [0.25, 0.3) is 0 Å². The summed E-state index contributed by atoms with van der Waals surface area (Å²) in [5, 5.41) is 3.66. The van der Waals surface area contributed by atoms with Crippen molar-refractivity contribution in [3.63, 3.8) is 0 Å². The number of aryl methyl sites for hydroxylation is 1. The minimum absolute atomic E-state index is 0.556. The van der Waals surface area contributed by atoms with Crippen LogP contribution in [-0.4, -0.2) is 15.0 Å². The SMILES string of the molecule is Cc1csc(Cc2nc(Cl)cc(C3CCCC3)n2)n1. The molecule has 0 N–H and O–H groups in total. The number of nitrogens with zero attached hydrogens (tertiary/aromatic N) is 3. The average Bonchev–Trinajstić information content (AvgIpc) is 3.00. The van der Waals surface area contributed by atoms with Gasteiger partial charge in [0.05, 0.1) is 6.42 Å². The summed E-state index contributed by atoms with van der Waals surface area (Å²) in [6, 6.07) is 1.92. The highest BCUT2D eigenvalue weighted by Crippen LogP contribution is 2.33. The summed E-state index contributed by atoms with van der Waals surface area (Å²) in [7, 11) is 0. The monoisotopic (exact) mass is 293 g/mol. The molecule has 2 heterocycles. The van der Waals surface area contributed by atoms with E-state index in [4.69, 9.17) is 16.6 Å². The van der Waals surface area contributed by atoms with Gasteiger partial charge in [0, 0.05) is 22.7 Å². The molecular weight excluding hydrogens is 278 g/mol. The summed E-state index contributed by atoms with van der Waals surface area (Å²) in [6.07, 6.45) is 5.73. The highest BCUT2D eigenvalue weighted by atomic mass is 35.5. The van der Waals surface area contributed by atoms with Gasteiger partial charge in [0.1, 0.15) is 16.0 Å². The molecule has 0 radical (unpaired) electrons. The minimum Gasteiger partial charge on any atom is -0.246 e. The smallest absolute Gasteiger partial charge is 0.137 e. The topological polar surface area (TPSA) is 38.7 Å². The Morgan fingerprint density at radius 1 is 1.26 bits per heavy atom. The molecule has 0 bridgehead atoms. The van der Waals surface area contributed by atoms with Crippen molar-refractivity contribution in [2.75, 3.05) is 0 Å². The summed E-state index contributed by atoms with van der Waals surface area (Å²) < 4.78 is 0. The van der Waals surface area contributed by atoms with E-state index in [0.717, 1.165) is 22.2 Å². The van der Waals surface area contributed by atoms with E-state index in [2.05, 4.69) is 15.3 Å². The van der Waals surface area contributed by atoms with Gasteiger partial charge in [0.15, 0.2) is 0 Å². The molecule has 0 amide bonds. The summed E-state index contributed by atoms with van der Waals surface area (Å²) >= 11 is 7.79. The Balaban J connectivity index is 1.84. The molecule has 0 atom stereocenters. The molecule has 0 spiro atoms. The predicted octanol–water partition coefficient (Wildman–Crippen LogP) is 4.14. The summed E-state index contributed by atoms with van der Waals surface area (Å²) in [5.41, 5.74) is 2.17. The quantitative estimate of drug-likeness (QED) is 0.798. The zero-order valence-electron chi connectivity index (χ0n) is 10.9. The first-order valence-corrected chi connectivity index (χ1v) is 7.91. The molecule has 0 aliphatic heterocycles. The molecule has 0 aromatic carbocycles. The van der Waals surface area contributed by atoms with E-state index < -0.39 is 0 Å². The number of hydrogen-bond acceptors (Lipinski definition) is 4. The Morgan fingerprint density at radius 3 is 2.74 bits per heavy atom. The molecule has 3 rings (SSSR count). The van der Waals surface area contributed by atoms with E-state index >= 15 is 0 Å². The number of halogens is 1. The molecule has 1 saturated carbocycles. The number of rotatable bonds is 3. The first-order valence-electron chi connectivity index (χ1n) is 6.65. The molecule has 5 heteroatoms. The van der Waals surface area contributed by atoms with Gasteiger partial charge in [-0.05, 0) is 25.8 Å². The van der Waals surface area contributed by atoms with Crippen molar-refractivity contribution in [1.29, 1.82) is 0 Å². The van der Waals surface area contributed by atoms with Crippen LogP contribution in [0.4, 0.5) is 0 Å². The normalized spacial score (nSPS) is 16.1. The second-order valence-electron chi connectivity index (χ2n) is 5.07. The van der Waals surface area contributed by atoms with Gasteiger partial charge in [0.2, 0.25) is 0 Å². The number of thiazole rings is 1. The summed E-state index contributed by atoms with van der Waals surface area (Å²) in [5.74, 6) is 1.36. The zero-order chi connectivity index (χ0) is 13.2. The van der Waals surface area contributed by atoms with Gasteiger partial charge < -0.3 is 0 Å². The van der Waals surface area contributed by atoms with Crippen molar-refractivity contribution in [1.82, 2.24) is 15.0 Å². The maximum absolute atomic E-state index is 6.13. The molecule has 1 fully saturated rings. The Hall–Kier alpha value is -1.00. The van der Waals surface area contributed by atoms with Crippen LogP contribution in [0.25, 0.3) is 0 Å². The second-order valence-corrected chi connectivity index (χ2v) is 6.40. The van der Waals surface area contributed by atoms with Crippen molar-refractivity contribution in [2.45, 2.75) is 44.9 Å². The lowest BCUT2D eigenvalue weighted by atomic mass is 10.0. The van der Waals surface area contributed by atoms with Gasteiger partial charge >= 0.3 is 0 Å². The molecule has 2 aromatic heterocycles. The maximum atomic E-state index is 6.13. The first kappa shape index (κ1) is 13.0. The van der Waals surface area contributed by atoms with Gasteiger partial charge in [-0.1, -0.05) is 24.4 Å². The number of hydrogen-bond donors (Lipinski definition) is 0. The fourth-order valence-electron chi connectivity index (χ4n) is 2.61. The Bertz CT molecular complexity index is 576. The average molecular weight is 294 g/mol. The van der Waals surface area contributed by atoms with Gasteiger partial charge in [-0.3, -0.25) is 0 Å².